The normalized spacial score (nSPS) is 20.1. The summed E-state index contributed by atoms with van der Waals surface area (Å²) < 4.78 is 31.5. The van der Waals surface area contributed by atoms with Gasteiger partial charge in [-0.3, -0.25) is 4.79 Å². The van der Waals surface area contributed by atoms with E-state index in [0.29, 0.717) is 31.1 Å². The Bertz CT molecular complexity index is 723. The van der Waals surface area contributed by atoms with Gasteiger partial charge in [-0.05, 0) is 50.6 Å². The van der Waals surface area contributed by atoms with Gasteiger partial charge in [-0.15, -0.1) is 0 Å². The van der Waals surface area contributed by atoms with Crippen LogP contribution in [0.3, 0.4) is 0 Å². The van der Waals surface area contributed by atoms with Crippen LogP contribution in [-0.4, -0.2) is 48.2 Å². The van der Waals surface area contributed by atoms with E-state index in [9.17, 15) is 13.2 Å². The fourth-order valence-electron chi connectivity index (χ4n) is 3.24. The largest absolute Gasteiger partial charge is 0.383 e. The molecule has 2 atom stereocenters. The summed E-state index contributed by atoms with van der Waals surface area (Å²) in [5, 5.41) is 6.04. The van der Waals surface area contributed by atoms with E-state index in [1.54, 1.807) is 13.2 Å². The monoisotopic (exact) mass is 384 g/mol. The number of ether oxygens (including phenoxy) is 1. The van der Waals surface area contributed by atoms with Crippen molar-refractivity contribution in [2.45, 2.75) is 24.2 Å². The van der Waals surface area contributed by atoms with Crippen molar-refractivity contribution in [3.05, 3.63) is 18.2 Å². The highest BCUT2D eigenvalue weighted by molar-refractivity contribution is 7.89. The molecular weight excluding hydrogens is 356 g/mol. The summed E-state index contributed by atoms with van der Waals surface area (Å²) in [7, 11) is -0.659. The lowest BCUT2D eigenvalue weighted by atomic mass is 9.95. The van der Waals surface area contributed by atoms with E-state index < -0.39 is 10.0 Å². The molecule has 9 heteroatoms. The zero-order valence-electron chi connectivity index (χ0n) is 15.2. The molecule has 0 unspecified atom stereocenters. The Kier molecular flexibility index (Phi) is 7.39. The summed E-state index contributed by atoms with van der Waals surface area (Å²) in [6.07, 6.45) is 2.73. The molecule has 0 spiro atoms. The molecule has 1 aliphatic rings. The van der Waals surface area contributed by atoms with Crippen molar-refractivity contribution in [2.75, 3.05) is 44.5 Å². The lowest BCUT2D eigenvalue weighted by Crippen LogP contribution is -2.30. The van der Waals surface area contributed by atoms with Crippen molar-refractivity contribution >= 4 is 27.3 Å². The zero-order chi connectivity index (χ0) is 19.2. The SMILES string of the molecule is CNS(=O)(=O)c1ccc(NCCOC)c(NC(=O)[C@@H]2CCC[C@@H]2CN)c1. The van der Waals surface area contributed by atoms with Gasteiger partial charge in [0.1, 0.15) is 0 Å². The second-order valence-electron chi connectivity index (χ2n) is 6.36. The van der Waals surface area contributed by atoms with E-state index in [1.165, 1.54) is 19.2 Å². The lowest BCUT2D eigenvalue weighted by Gasteiger charge is -2.20. The first kappa shape index (κ1) is 20.6. The van der Waals surface area contributed by atoms with Gasteiger partial charge < -0.3 is 21.1 Å². The molecule has 1 aromatic rings. The van der Waals surface area contributed by atoms with E-state index >= 15 is 0 Å². The maximum Gasteiger partial charge on any atom is 0.240 e. The number of methoxy groups -OCH3 is 1. The van der Waals surface area contributed by atoms with Crippen LogP contribution in [0.5, 0.6) is 0 Å². The van der Waals surface area contributed by atoms with Gasteiger partial charge in [0.05, 0.1) is 22.9 Å². The first-order valence-electron chi connectivity index (χ1n) is 8.74. The van der Waals surface area contributed by atoms with Crippen molar-refractivity contribution in [3.8, 4) is 0 Å². The number of amides is 1. The molecular formula is C17H28N4O4S. The minimum absolute atomic E-state index is 0.0920. The van der Waals surface area contributed by atoms with Crippen LogP contribution in [-0.2, 0) is 19.6 Å². The van der Waals surface area contributed by atoms with Crippen LogP contribution < -0.4 is 21.1 Å². The number of benzene rings is 1. The zero-order valence-corrected chi connectivity index (χ0v) is 16.1. The Labute approximate surface area is 154 Å². The number of anilines is 2. The molecule has 0 radical (unpaired) electrons. The highest BCUT2D eigenvalue weighted by Gasteiger charge is 2.32. The predicted octanol–water partition coefficient (Wildman–Crippen LogP) is 0.967. The van der Waals surface area contributed by atoms with Gasteiger partial charge in [-0.25, -0.2) is 13.1 Å². The van der Waals surface area contributed by atoms with Crippen LogP contribution in [0.15, 0.2) is 23.1 Å². The van der Waals surface area contributed by atoms with Crippen molar-refractivity contribution in [2.24, 2.45) is 17.6 Å². The van der Waals surface area contributed by atoms with Gasteiger partial charge in [-0.1, -0.05) is 6.42 Å². The van der Waals surface area contributed by atoms with Crippen molar-refractivity contribution in [3.63, 3.8) is 0 Å². The lowest BCUT2D eigenvalue weighted by molar-refractivity contribution is -0.120. The Hall–Kier alpha value is -1.68. The highest BCUT2D eigenvalue weighted by atomic mass is 32.2. The molecule has 0 aliphatic heterocycles. The smallest absolute Gasteiger partial charge is 0.240 e. The number of hydrogen-bond acceptors (Lipinski definition) is 6. The molecule has 5 N–H and O–H groups in total. The van der Waals surface area contributed by atoms with E-state index in [4.69, 9.17) is 10.5 Å². The third kappa shape index (κ3) is 4.94. The predicted molar refractivity (Wildman–Crippen MR) is 102 cm³/mol. The Morgan fingerprint density at radius 1 is 1.31 bits per heavy atom. The second-order valence-corrected chi connectivity index (χ2v) is 8.24. The van der Waals surface area contributed by atoms with Crippen molar-refractivity contribution in [1.29, 1.82) is 0 Å². The minimum Gasteiger partial charge on any atom is -0.383 e. The molecule has 0 heterocycles. The van der Waals surface area contributed by atoms with E-state index in [2.05, 4.69) is 15.4 Å². The maximum atomic E-state index is 12.7. The molecule has 26 heavy (non-hydrogen) atoms. The molecule has 1 saturated carbocycles. The third-order valence-corrected chi connectivity index (χ3v) is 6.16. The second kappa shape index (κ2) is 9.31. The number of hydrogen-bond donors (Lipinski definition) is 4. The number of rotatable bonds is 9. The molecule has 1 amide bonds. The molecule has 0 saturated heterocycles. The molecule has 8 nitrogen and oxygen atoms in total. The quantitative estimate of drug-likeness (QED) is 0.471. The first-order chi connectivity index (χ1) is 12.4. The van der Waals surface area contributed by atoms with Crippen LogP contribution in [0.4, 0.5) is 11.4 Å². The summed E-state index contributed by atoms with van der Waals surface area (Å²) in [6.45, 7) is 1.50. The summed E-state index contributed by atoms with van der Waals surface area (Å²) in [5.41, 5.74) is 6.85. The van der Waals surface area contributed by atoms with Crippen LogP contribution in [0.2, 0.25) is 0 Å². The highest BCUT2D eigenvalue weighted by Crippen LogP contribution is 2.33. The fraction of sp³-hybridized carbons (Fsp3) is 0.588. The van der Waals surface area contributed by atoms with Crippen LogP contribution in [0.25, 0.3) is 0 Å². The van der Waals surface area contributed by atoms with Crippen molar-refractivity contribution < 1.29 is 17.9 Å². The number of carbonyl (C=O) groups is 1. The van der Waals surface area contributed by atoms with Crippen LogP contribution >= 0.6 is 0 Å². The average Bonchev–Trinajstić information content (AvgIpc) is 3.11. The molecule has 2 rings (SSSR count). The van der Waals surface area contributed by atoms with Gasteiger partial charge in [0.2, 0.25) is 15.9 Å². The minimum atomic E-state index is -3.61. The van der Waals surface area contributed by atoms with Gasteiger partial charge in [-0.2, -0.15) is 0 Å². The Balaban J connectivity index is 2.26. The fourth-order valence-corrected chi connectivity index (χ4v) is 4.00. The molecule has 1 aliphatic carbocycles. The van der Waals surface area contributed by atoms with Gasteiger partial charge in [0.25, 0.3) is 0 Å². The van der Waals surface area contributed by atoms with Crippen LogP contribution in [0.1, 0.15) is 19.3 Å². The molecule has 0 aromatic heterocycles. The Morgan fingerprint density at radius 2 is 2.08 bits per heavy atom. The van der Waals surface area contributed by atoms with Gasteiger partial charge in [0.15, 0.2) is 0 Å². The topological polar surface area (TPSA) is 123 Å². The number of sulfonamides is 1. The summed E-state index contributed by atoms with van der Waals surface area (Å²) in [4.78, 5) is 12.8. The first-order valence-corrected chi connectivity index (χ1v) is 10.2. The third-order valence-electron chi connectivity index (χ3n) is 4.75. The summed E-state index contributed by atoms with van der Waals surface area (Å²) in [5.74, 6) is -0.0905. The van der Waals surface area contributed by atoms with Crippen molar-refractivity contribution in [1.82, 2.24) is 4.72 Å². The van der Waals surface area contributed by atoms with E-state index in [0.717, 1.165) is 19.3 Å². The molecule has 0 bridgehead atoms. The summed E-state index contributed by atoms with van der Waals surface area (Å²) in [6, 6.07) is 4.60. The molecule has 1 fully saturated rings. The average molecular weight is 385 g/mol. The molecule has 146 valence electrons. The van der Waals surface area contributed by atoms with Gasteiger partial charge in [0, 0.05) is 19.6 Å². The van der Waals surface area contributed by atoms with E-state index in [1.807, 2.05) is 0 Å². The summed E-state index contributed by atoms with van der Waals surface area (Å²) >= 11 is 0. The maximum absolute atomic E-state index is 12.7. The van der Waals surface area contributed by atoms with E-state index in [-0.39, 0.29) is 22.6 Å². The standard InChI is InChI=1S/C17H28N4O4S/c1-19-26(23,24)13-6-7-15(20-8-9-25-2)16(10-13)21-17(22)14-5-3-4-12(14)11-18/h6-7,10,12,14,19-20H,3-5,8-9,11,18H2,1-2H3,(H,21,22)/t12-,14-/m1/s1. The van der Waals surface area contributed by atoms with Gasteiger partial charge >= 0.3 is 0 Å². The number of nitrogens with two attached hydrogens (primary N) is 1. The van der Waals surface area contributed by atoms with Crippen LogP contribution in [0, 0.1) is 11.8 Å². The Morgan fingerprint density at radius 3 is 2.73 bits per heavy atom. The number of carbonyl (C=O) groups excluding carboxylic acids is 1. The molecule has 1 aromatic carbocycles. The number of nitrogens with one attached hydrogen (secondary N) is 3.